The van der Waals surface area contributed by atoms with Gasteiger partial charge in [0.25, 0.3) is 0 Å². The van der Waals surface area contributed by atoms with E-state index in [0.29, 0.717) is 0 Å². The second-order valence-electron chi connectivity index (χ2n) is 5.43. The molecule has 6 heteroatoms. The average molecular weight is 327 g/mol. The van der Waals surface area contributed by atoms with E-state index >= 15 is 0 Å². The van der Waals surface area contributed by atoms with Crippen molar-refractivity contribution in [1.29, 1.82) is 0 Å². The van der Waals surface area contributed by atoms with E-state index in [2.05, 4.69) is 22.4 Å². The summed E-state index contributed by atoms with van der Waals surface area (Å²) < 4.78 is 26.0. The summed E-state index contributed by atoms with van der Waals surface area (Å²) in [4.78, 5) is 0. The van der Waals surface area contributed by atoms with Crippen LogP contribution in [0.25, 0.3) is 0 Å². The molecule has 0 aliphatic rings. The SMILES string of the molecule is Cn1nncc1S(=O)(=O)Cc1ccc(Cc2ccccc2)cc1. The monoisotopic (exact) mass is 327 g/mol. The van der Waals surface area contributed by atoms with Crippen LogP contribution in [0.1, 0.15) is 16.7 Å². The molecule has 0 atom stereocenters. The molecule has 3 rings (SSSR count). The van der Waals surface area contributed by atoms with Crippen molar-refractivity contribution in [3.63, 3.8) is 0 Å². The number of benzene rings is 2. The van der Waals surface area contributed by atoms with E-state index in [9.17, 15) is 8.42 Å². The molecular weight excluding hydrogens is 310 g/mol. The number of sulfone groups is 1. The van der Waals surface area contributed by atoms with E-state index in [1.54, 1.807) is 7.05 Å². The van der Waals surface area contributed by atoms with Crippen LogP contribution in [0.5, 0.6) is 0 Å². The predicted octanol–water partition coefficient (Wildman–Crippen LogP) is 2.38. The van der Waals surface area contributed by atoms with Crippen molar-refractivity contribution in [2.24, 2.45) is 7.05 Å². The quantitative estimate of drug-likeness (QED) is 0.722. The molecule has 0 radical (unpaired) electrons. The summed E-state index contributed by atoms with van der Waals surface area (Å²) in [6.07, 6.45) is 2.11. The van der Waals surface area contributed by atoms with E-state index in [4.69, 9.17) is 0 Å². The summed E-state index contributed by atoms with van der Waals surface area (Å²) in [5.74, 6) is -0.0557. The van der Waals surface area contributed by atoms with Crippen molar-refractivity contribution >= 4 is 9.84 Å². The zero-order valence-electron chi connectivity index (χ0n) is 12.8. The Labute approximate surface area is 135 Å². The molecule has 0 fully saturated rings. The molecule has 0 unspecified atom stereocenters. The first-order valence-corrected chi connectivity index (χ1v) is 8.89. The Bertz CT molecular complexity index is 885. The maximum absolute atomic E-state index is 12.4. The smallest absolute Gasteiger partial charge is 0.201 e. The van der Waals surface area contributed by atoms with Gasteiger partial charge in [-0.3, -0.25) is 0 Å². The maximum atomic E-state index is 12.4. The minimum Gasteiger partial charge on any atom is -0.237 e. The number of hydrogen-bond acceptors (Lipinski definition) is 4. The highest BCUT2D eigenvalue weighted by atomic mass is 32.2. The van der Waals surface area contributed by atoms with E-state index in [1.165, 1.54) is 16.4 Å². The zero-order chi connectivity index (χ0) is 16.3. The first kappa shape index (κ1) is 15.4. The molecule has 0 amide bonds. The molecule has 0 spiro atoms. The van der Waals surface area contributed by atoms with Gasteiger partial charge in [0.2, 0.25) is 9.84 Å². The lowest BCUT2D eigenvalue weighted by molar-refractivity contribution is 0.573. The molecule has 3 aromatic rings. The van der Waals surface area contributed by atoms with Crippen LogP contribution in [0.3, 0.4) is 0 Å². The maximum Gasteiger partial charge on any atom is 0.201 e. The third-order valence-corrected chi connectivity index (χ3v) is 5.34. The van der Waals surface area contributed by atoms with E-state index in [-0.39, 0.29) is 10.8 Å². The Morgan fingerprint density at radius 1 is 0.913 bits per heavy atom. The summed E-state index contributed by atoms with van der Waals surface area (Å²) in [6, 6.07) is 17.8. The molecule has 0 aliphatic heterocycles. The Hall–Kier alpha value is -2.47. The van der Waals surface area contributed by atoms with Gasteiger partial charge >= 0.3 is 0 Å². The number of nitrogens with zero attached hydrogens (tertiary/aromatic N) is 3. The number of hydrogen-bond donors (Lipinski definition) is 0. The Morgan fingerprint density at radius 3 is 2.13 bits per heavy atom. The highest BCUT2D eigenvalue weighted by molar-refractivity contribution is 7.90. The van der Waals surface area contributed by atoms with Crippen molar-refractivity contribution in [3.05, 3.63) is 77.5 Å². The van der Waals surface area contributed by atoms with E-state index in [0.717, 1.165) is 17.5 Å². The van der Waals surface area contributed by atoms with Gasteiger partial charge in [-0.15, -0.1) is 5.10 Å². The molecule has 0 saturated heterocycles. The van der Waals surface area contributed by atoms with Gasteiger partial charge in [0.15, 0.2) is 5.03 Å². The molecule has 1 heterocycles. The second kappa shape index (κ2) is 6.34. The molecule has 0 N–H and O–H groups in total. The van der Waals surface area contributed by atoms with Crippen molar-refractivity contribution in [3.8, 4) is 0 Å². The molecule has 118 valence electrons. The average Bonchev–Trinajstić information content (AvgIpc) is 2.97. The van der Waals surface area contributed by atoms with Crippen LogP contribution >= 0.6 is 0 Å². The van der Waals surface area contributed by atoms with E-state index in [1.807, 2.05) is 42.5 Å². The molecule has 1 aromatic heterocycles. The van der Waals surface area contributed by atoms with Gasteiger partial charge in [0.1, 0.15) is 0 Å². The van der Waals surface area contributed by atoms with Gasteiger partial charge in [0.05, 0.1) is 11.9 Å². The summed E-state index contributed by atoms with van der Waals surface area (Å²) in [5, 5.41) is 7.43. The summed E-state index contributed by atoms with van der Waals surface area (Å²) in [6.45, 7) is 0. The van der Waals surface area contributed by atoms with Crippen LogP contribution < -0.4 is 0 Å². The molecular formula is C17H17N3O2S. The standard InChI is InChI=1S/C17H17N3O2S/c1-20-17(12-18-19-20)23(21,22)13-16-9-7-15(8-10-16)11-14-5-3-2-4-6-14/h2-10,12H,11,13H2,1H3. The second-order valence-corrected chi connectivity index (χ2v) is 7.37. The lowest BCUT2D eigenvalue weighted by atomic mass is 10.0. The molecule has 0 aliphatic carbocycles. The predicted molar refractivity (Wildman–Crippen MR) is 87.6 cm³/mol. The first-order valence-electron chi connectivity index (χ1n) is 7.24. The highest BCUT2D eigenvalue weighted by Crippen LogP contribution is 2.16. The van der Waals surface area contributed by atoms with Crippen LogP contribution in [0, 0.1) is 0 Å². The van der Waals surface area contributed by atoms with Crippen molar-refractivity contribution < 1.29 is 8.42 Å². The van der Waals surface area contributed by atoms with Crippen molar-refractivity contribution in [2.75, 3.05) is 0 Å². The lowest BCUT2D eigenvalue weighted by Crippen LogP contribution is -2.10. The van der Waals surface area contributed by atoms with Crippen LogP contribution in [0.15, 0.2) is 65.8 Å². The molecule has 5 nitrogen and oxygen atoms in total. The zero-order valence-corrected chi connectivity index (χ0v) is 13.6. The van der Waals surface area contributed by atoms with Crippen LogP contribution in [-0.2, 0) is 29.1 Å². The van der Waals surface area contributed by atoms with Gasteiger partial charge in [-0.2, -0.15) is 0 Å². The topological polar surface area (TPSA) is 64.8 Å². The molecule has 23 heavy (non-hydrogen) atoms. The van der Waals surface area contributed by atoms with Gasteiger partial charge in [-0.05, 0) is 23.1 Å². The third-order valence-electron chi connectivity index (χ3n) is 3.62. The Morgan fingerprint density at radius 2 is 1.52 bits per heavy atom. The fourth-order valence-electron chi connectivity index (χ4n) is 2.44. The summed E-state index contributed by atoms with van der Waals surface area (Å²) in [5.41, 5.74) is 3.14. The van der Waals surface area contributed by atoms with Crippen molar-refractivity contribution in [1.82, 2.24) is 15.0 Å². The van der Waals surface area contributed by atoms with Crippen molar-refractivity contribution in [2.45, 2.75) is 17.2 Å². The number of aryl methyl sites for hydroxylation is 1. The minimum absolute atomic E-state index is 0.0557. The Balaban J connectivity index is 1.74. The first-order chi connectivity index (χ1) is 11.0. The summed E-state index contributed by atoms with van der Waals surface area (Å²) >= 11 is 0. The van der Waals surface area contributed by atoms with Crippen LogP contribution in [0.4, 0.5) is 0 Å². The number of rotatable bonds is 5. The normalized spacial score (nSPS) is 11.5. The fourth-order valence-corrected chi connectivity index (χ4v) is 3.87. The number of aromatic nitrogens is 3. The summed E-state index contributed by atoms with van der Waals surface area (Å²) in [7, 11) is -1.86. The van der Waals surface area contributed by atoms with Gasteiger partial charge in [0, 0.05) is 7.05 Å². The van der Waals surface area contributed by atoms with E-state index < -0.39 is 9.84 Å². The Kier molecular flexibility index (Phi) is 4.25. The van der Waals surface area contributed by atoms with Crippen LogP contribution in [-0.4, -0.2) is 23.4 Å². The van der Waals surface area contributed by atoms with Gasteiger partial charge in [-0.1, -0.05) is 59.8 Å². The van der Waals surface area contributed by atoms with Gasteiger partial charge < -0.3 is 0 Å². The lowest BCUT2D eigenvalue weighted by Gasteiger charge is -2.06. The largest absolute Gasteiger partial charge is 0.237 e. The molecule has 2 aromatic carbocycles. The third kappa shape index (κ3) is 3.65. The minimum atomic E-state index is -3.43. The molecule has 0 saturated carbocycles. The molecule has 0 bridgehead atoms. The highest BCUT2D eigenvalue weighted by Gasteiger charge is 2.19. The van der Waals surface area contributed by atoms with Gasteiger partial charge in [-0.25, -0.2) is 13.1 Å². The fraction of sp³-hybridized carbons (Fsp3) is 0.176. The van der Waals surface area contributed by atoms with Crippen LogP contribution in [0.2, 0.25) is 0 Å².